The van der Waals surface area contributed by atoms with Gasteiger partial charge in [-0.2, -0.15) is 0 Å². The van der Waals surface area contributed by atoms with Crippen LogP contribution in [0, 0.1) is 0 Å². The molecule has 0 bridgehead atoms. The van der Waals surface area contributed by atoms with Gasteiger partial charge in [0.1, 0.15) is 5.00 Å². The molecule has 1 heterocycles. The monoisotopic (exact) mass is 254 g/mol. The van der Waals surface area contributed by atoms with Gasteiger partial charge in [-0.3, -0.25) is 4.79 Å². The van der Waals surface area contributed by atoms with Crippen molar-refractivity contribution >= 4 is 27.8 Å². The summed E-state index contributed by atoms with van der Waals surface area (Å²) in [5.74, 6) is 0.632. The number of ether oxygens (including phenoxy) is 1. The van der Waals surface area contributed by atoms with Crippen molar-refractivity contribution in [2.24, 2.45) is 0 Å². The van der Waals surface area contributed by atoms with E-state index < -0.39 is 0 Å². The molecule has 0 saturated heterocycles. The number of hydrogen-bond donors (Lipinski definition) is 2. The highest BCUT2D eigenvalue weighted by molar-refractivity contribution is 7.19. The number of nitrogens with two attached hydrogens (primary N) is 1. The summed E-state index contributed by atoms with van der Waals surface area (Å²) in [4.78, 5) is 12.1. The van der Waals surface area contributed by atoms with Gasteiger partial charge in [0.2, 0.25) is 0 Å². The summed E-state index contributed by atoms with van der Waals surface area (Å²) in [6.07, 6.45) is 2.40. The van der Waals surface area contributed by atoms with Crippen LogP contribution < -0.4 is 15.8 Å². The van der Waals surface area contributed by atoms with Crippen LogP contribution in [0.15, 0.2) is 0 Å². The SMILES string of the molecule is CC(=O)c1sc(NC2CC2)c(OC(C)C)c1N. The Labute approximate surface area is 105 Å². The second kappa shape index (κ2) is 4.56. The molecule has 1 aromatic heterocycles. The van der Waals surface area contributed by atoms with Gasteiger partial charge in [-0.05, 0) is 26.7 Å². The Morgan fingerprint density at radius 2 is 2.18 bits per heavy atom. The second-order valence-corrected chi connectivity index (χ2v) is 5.67. The van der Waals surface area contributed by atoms with Gasteiger partial charge in [0, 0.05) is 13.0 Å². The van der Waals surface area contributed by atoms with Crippen molar-refractivity contribution in [2.75, 3.05) is 11.1 Å². The quantitative estimate of drug-likeness (QED) is 0.793. The molecule has 2 rings (SSSR count). The maximum atomic E-state index is 11.5. The number of thiophene rings is 1. The summed E-state index contributed by atoms with van der Waals surface area (Å²) in [5.41, 5.74) is 6.45. The van der Waals surface area contributed by atoms with Crippen LogP contribution >= 0.6 is 11.3 Å². The van der Waals surface area contributed by atoms with Crippen LogP contribution in [-0.2, 0) is 0 Å². The highest BCUT2D eigenvalue weighted by Gasteiger charge is 2.27. The fourth-order valence-corrected chi connectivity index (χ4v) is 2.58. The number of carbonyl (C=O) groups is 1. The molecule has 4 nitrogen and oxygen atoms in total. The lowest BCUT2D eigenvalue weighted by Gasteiger charge is -2.12. The zero-order valence-electron chi connectivity index (χ0n) is 10.4. The second-order valence-electron chi connectivity index (χ2n) is 4.64. The molecule has 1 aliphatic rings. The van der Waals surface area contributed by atoms with E-state index in [1.165, 1.54) is 31.1 Å². The smallest absolute Gasteiger partial charge is 0.177 e. The Hall–Kier alpha value is -1.23. The summed E-state index contributed by atoms with van der Waals surface area (Å²) < 4.78 is 5.71. The molecule has 94 valence electrons. The molecule has 3 N–H and O–H groups in total. The van der Waals surface area contributed by atoms with Crippen LogP contribution in [0.5, 0.6) is 5.75 Å². The average Bonchev–Trinajstić information content (AvgIpc) is 2.97. The molecule has 0 amide bonds. The molecule has 0 unspecified atom stereocenters. The molecule has 0 radical (unpaired) electrons. The predicted molar refractivity (Wildman–Crippen MR) is 71.1 cm³/mol. The molecular weight excluding hydrogens is 236 g/mol. The van der Waals surface area contributed by atoms with Crippen LogP contribution in [0.4, 0.5) is 10.7 Å². The van der Waals surface area contributed by atoms with Gasteiger partial charge in [-0.15, -0.1) is 11.3 Å². The van der Waals surface area contributed by atoms with Crippen LogP contribution in [-0.4, -0.2) is 17.9 Å². The zero-order valence-corrected chi connectivity index (χ0v) is 11.2. The van der Waals surface area contributed by atoms with E-state index in [1.54, 1.807) is 0 Å². The van der Waals surface area contributed by atoms with Crippen LogP contribution in [0.1, 0.15) is 43.3 Å². The maximum absolute atomic E-state index is 11.5. The molecule has 1 aliphatic carbocycles. The Kier molecular flexibility index (Phi) is 3.28. The van der Waals surface area contributed by atoms with Gasteiger partial charge < -0.3 is 15.8 Å². The van der Waals surface area contributed by atoms with Gasteiger partial charge in [-0.25, -0.2) is 0 Å². The molecule has 0 atom stereocenters. The molecule has 0 aromatic carbocycles. The third-order valence-electron chi connectivity index (χ3n) is 2.49. The Morgan fingerprint density at radius 1 is 1.53 bits per heavy atom. The molecule has 0 aliphatic heterocycles. The minimum Gasteiger partial charge on any atom is -0.486 e. The van der Waals surface area contributed by atoms with Crippen molar-refractivity contribution in [3.8, 4) is 5.75 Å². The van der Waals surface area contributed by atoms with E-state index >= 15 is 0 Å². The first kappa shape index (κ1) is 12.2. The van der Waals surface area contributed by atoms with E-state index in [1.807, 2.05) is 13.8 Å². The standard InChI is InChI=1S/C12H18N2O2S/c1-6(2)16-10-9(13)11(7(3)15)17-12(10)14-8-4-5-8/h6,8,14H,4-5,13H2,1-3H3. The Morgan fingerprint density at radius 3 is 2.65 bits per heavy atom. The fourth-order valence-electron chi connectivity index (χ4n) is 1.55. The molecule has 17 heavy (non-hydrogen) atoms. The largest absolute Gasteiger partial charge is 0.486 e. The third kappa shape index (κ3) is 2.72. The van der Waals surface area contributed by atoms with Crippen molar-refractivity contribution < 1.29 is 9.53 Å². The van der Waals surface area contributed by atoms with Gasteiger partial charge in [-0.1, -0.05) is 0 Å². The first-order valence-corrected chi connectivity index (χ1v) is 6.67. The number of hydrogen-bond acceptors (Lipinski definition) is 5. The highest BCUT2D eigenvalue weighted by atomic mass is 32.1. The summed E-state index contributed by atoms with van der Waals surface area (Å²) in [5, 5.41) is 4.26. The van der Waals surface area contributed by atoms with Gasteiger partial charge in [0.25, 0.3) is 0 Å². The van der Waals surface area contributed by atoms with Gasteiger partial charge in [0.05, 0.1) is 16.7 Å². The molecule has 1 saturated carbocycles. The fraction of sp³-hybridized carbons (Fsp3) is 0.583. The van der Waals surface area contributed by atoms with Crippen LogP contribution in [0.2, 0.25) is 0 Å². The number of carbonyl (C=O) groups excluding carboxylic acids is 1. The lowest BCUT2D eigenvalue weighted by Crippen LogP contribution is -2.09. The summed E-state index contributed by atoms with van der Waals surface area (Å²) in [7, 11) is 0. The zero-order chi connectivity index (χ0) is 12.6. The minimum absolute atomic E-state index is 0.00930. The lowest BCUT2D eigenvalue weighted by atomic mass is 10.3. The number of Topliss-reactive ketones (excluding diaryl/α,β-unsaturated/α-hetero) is 1. The lowest BCUT2D eigenvalue weighted by molar-refractivity contribution is 0.102. The van der Waals surface area contributed by atoms with Crippen molar-refractivity contribution in [1.82, 2.24) is 0 Å². The van der Waals surface area contributed by atoms with Crippen molar-refractivity contribution in [1.29, 1.82) is 0 Å². The highest BCUT2D eigenvalue weighted by Crippen LogP contribution is 2.45. The maximum Gasteiger partial charge on any atom is 0.177 e. The predicted octanol–water partition coefficient (Wildman–Crippen LogP) is 2.89. The minimum atomic E-state index is -0.00930. The van der Waals surface area contributed by atoms with Crippen LogP contribution in [0.3, 0.4) is 0 Å². The van der Waals surface area contributed by atoms with Gasteiger partial charge in [0.15, 0.2) is 11.5 Å². The Bertz CT molecular complexity index is 436. The molecule has 5 heteroatoms. The number of rotatable bonds is 5. The van der Waals surface area contributed by atoms with Crippen molar-refractivity contribution in [3.63, 3.8) is 0 Å². The number of nitrogen functional groups attached to an aromatic ring is 1. The van der Waals surface area contributed by atoms with Crippen molar-refractivity contribution in [2.45, 2.75) is 45.8 Å². The summed E-state index contributed by atoms with van der Waals surface area (Å²) in [6, 6.07) is 0.516. The van der Waals surface area contributed by atoms with E-state index in [2.05, 4.69) is 5.32 Å². The van der Waals surface area contributed by atoms with E-state index in [9.17, 15) is 4.79 Å². The summed E-state index contributed by atoms with van der Waals surface area (Å²) in [6.45, 7) is 5.43. The molecule has 0 spiro atoms. The molecule has 1 fully saturated rings. The average molecular weight is 254 g/mol. The number of nitrogens with one attached hydrogen (secondary N) is 1. The van der Waals surface area contributed by atoms with Crippen LogP contribution in [0.25, 0.3) is 0 Å². The number of anilines is 2. The van der Waals surface area contributed by atoms with Gasteiger partial charge >= 0.3 is 0 Å². The van der Waals surface area contributed by atoms with E-state index in [0.717, 1.165) is 5.00 Å². The first-order chi connectivity index (χ1) is 7.99. The summed E-state index contributed by atoms with van der Waals surface area (Å²) >= 11 is 1.39. The number of ketones is 1. The normalized spacial score (nSPS) is 15.1. The third-order valence-corrected chi connectivity index (χ3v) is 3.70. The topological polar surface area (TPSA) is 64.3 Å². The van der Waals surface area contributed by atoms with Crippen molar-refractivity contribution in [3.05, 3.63) is 4.88 Å². The first-order valence-electron chi connectivity index (χ1n) is 5.85. The van der Waals surface area contributed by atoms with E-state index in [4.69, 9.17) is 10.5 Å². The van der Waals surface area contributed by atoms with E-state index in [0.29, 0.717) is 22.4 Å². The molecule has 1 aromatic rings. The molecular formula is C12H18N2O2S. The van der Waals surface area contributed by atoms with E-state index in [-0.39, 0.29) is 11.9 Å². The Balaban J connectivity index is 2.32.